The van der Waals surface area contributed by atoms with Gasteiger partial charge in [-0.15, -0.1) is 0 Å². The summed E-state index contributed by atoms with van der Waals surface area (Å²) in [6, 6.07) is 1.37. The van der Waals surface area contributed by atoms with Crippen LogP contribution < -0.4 is 4.74 Å². The Morgan fingerprint density at radius 1 is 1.57 bits per heavy atom. The Morgan fingerprint density at radius 3 is 2.64 bits per heavy atom. The van der Waals surface area contributed by atoms with Crippen LogP contribution in [-0.4, -0.2) is 12.1 Å². The monoisotopic (exact) mass is 329 g/mol. The Labute approximate surface area is 96.9 Å². The normalized spacial score (nSPS) is 10.7. The molecule has 0 aliphatic carbocycles. The second kappa shape index (κ2) is 5.02. The van der Waals surface area contributed by atoms with Crippen molar-refractivity contribution in [3.8, 4) is 5.88 Å². The van der Waals surface area contributed by atoms with Crippen molar-refractivity contribution in [2.45, 2.75) is 11.8 Å². The number of pyridine rings is 1. The molecule has 0 amide bonds. The molecular formula is C8H7Br2F2NO. The first kappa shape index (κ1) is 11.8. The zero-order valence-corrected chi connectivity index (χ0v) is 10.4. The van der Waals surface area contributed by atoms with Crippen LogP contribution in [-0.2, 0) is 5.33 Å². The van der Waals surface area contributed by atoms with Gasteiger partial charge in [-0.3, -0.25) is 0 Å². The van der Waals surface area contributed by atoms with Crippen molar-refractivity contribution in [2.75, 3.05) is 7.11 Å². The second-order valence-corrected chi connectivity index (χ2v) is 3.78. The van der Waals surface area contributed by atoms with Gasteiger partial charge in [0.15, 0.2) is 0 Å². The first-order chi connectivity index (χ1) is 6.60. The van der Waals surface area contributed by atoms with E-state index in [4.69, 9.17) is 4.74 Å². The number of aromatic nitrogens is 1. The summed E-state index contributed by atoms with van der Waals surface area (Å²) in [6.45, 7) is 0. The summed E-state index contributed by atoms with van der Waals surface area (Å²) in [6.07, 6.45) is -2.54. The molecule has 0 saturated heterocycles. The van der Waals surface area contributed by atoms with Gasteiger partial charge in [0, 0.05) is 10.9 Å². The highest BCUT2D eigenvalue weighted by Crippen LogP contribution is 2.31. The fraction of sp³-hybridized carbons (Fsp3) is 0.375. The SMILES string of the molecule is COc1nc(Br)c(C(F)F)cc1CBr. The van der Waals surface area contributed by atoms with E-state index in [2.05, 4.69) is 36.8 Å². The number of hydrogen-bond acceptors (Lipinski definition) is 2. The van der Waals surface area contributed by atoms with E-state index < -0.39 is 6.43 Å². The topological polar surface area (TPSA) is 22.1 Å². The van der Waals surface area contributed by atoms with Crippen molar-refractivity contribution in [1.29, 1.82) is 0 Å². The first-order valence-electron chi connectivity index (χ1n) is 3.67. The fourth-order valence-corrected chi connectivity index (χ4v) is 1.81. The predicted molar refractivity (Wildman–Crippen MR) is 56.1 cm³/mol. The van der Waals surface area contributed by atoms with Gasteiger partial charge in [-0.05, 0) is 22.0 Å². The molecule has 0 fully saturated rings. The van der Waals surface area contributed by atoms with Crippen molar-refractivity contribution in [3.63, 3.8) is 0 Å². The third-order valence-corrected chi connectivity index (χ3v) is 2.85. The number of halogens is 4. The summed E-state index contributed by atoms with van der Waals surface area (Å²) in [5.74, 6) is 0.346. The third kappa shape index (κ3) is 2.42. The maximum absolute atomic E-state index is 12.5. The van der Waals surface area contributed by atoms with E-state index in [1.807, 2.05) is 0 Å². The molecule has 0 spiro atoms. The third-order valence-electron chi connectivity index (χ3n) is 1.61. The maximum atomic E-state index is 12.5. The summed E-state index contributed by atoms with van der Waals surface area (Å²) < 4.78 is 30.0. The van der Waals surface area contributed by atoms with E-state index in [1.54, 1.807) is 0 Å². The van der Waals surface area contributed by atoms with Crippen LogP contribution in [0.25, 0.3) is 0 Å². The summed E-state index contributed by atoms with van der Waals surface area (Å²) in [7, 11) is 1.45. The van der Waals surface area contributed by atoms with Crippen LogP contribution in [0.15, 0.2) is 10.7 Å². The Kier molecular flexibility index (Phi) is 4.25. The lowest BCUT2D eigenvalue weighted by Gasteiger charge is -2.09. The lowest BCUT2D eigenvalue weighted by molar-refractivity contribution is 0.149. The number of rotatable bonds is 3. The summed E-state index contributed by atoms with van der Waals surface area (Å²) in [5, 5.41) is 0.427. The molecule has 1 heterocycles. The van der Waals surface area contributed by atoms with Crippen molar-refractivity contribution in [2.24, 2.45) is 0 Å². The van der Waals surface area contributed by atoms with Gasteiger partial charge < -0.3 is 4.74 Å². The number of alkyl halides is 3. The van der Waals surface area contributed by atoms with Gasteiger partial charge in [0.05, 0.1) is 12.7 Å². The Balaban J connectivity index is 3.23. The number of methoxy groups -OCH3 is 1. The molecule has 14 heavy (non-hydrogen) atoms. The van der Waals surface area contributed by atoms with Crippen LogP contribution in [0.5, 0.6) is 5.88 Å². The van der Waals surface area contributed by atoms with Crippen molar-refractivity contribution < 1.29 is 13.5 Å². The summed E-state index contributed by atoms with van der Waals surface area (Å²) >= 11 is 6.14. The Morgan fingerprint density at radius 2 is 2.21 bits per heavy atom. The lowest BCUT2D eigenvalue weighted by Crippen LogP contribution is -1.98. The molecule has 0 atom stereocenters. The molecule has 2 nitrogen and oxygen atoms in total. The van der Waals surface area contributed by atoms with Gasteiger partial charge in [-0.25, -0.2) is 13.8 Å². The molecule has 0 bridgehead atoms. The van der Waals surface area contributed by atoms with Crippen molar-refractivity contribution in [1.82, 2.24) is 4.98 Å². The number of hydrogen-bond donors (Lipinski definition) is 0. The minimum absolute atomic E-state index is 0.119. The molecule has 0 aromatic carbocycles. The van der Waals surface area contributed by atoms with Gasteiger partial charge in [-0.1, -0.05) is 15.9 Å². The molecule has 1 aromatic rings. The fourth-order valence-electron chi connectivity index (χ4n) is 0.960. The molecule has 0 unspecified atom stereocenters. The number of nitrogens with zero attached hydrogens (tertiary/aromatic N) is 1. The predicted octanol–water partition coefficient (Wildman–Crippen LogP) is 3.69. The highest BCUT2D eigenvalue weighted by atomic mass is 79.9. The van der Waals surface area contributed by atoms with E-state index in [9.17, 15) is 8.78 Å². The maximum Gasteiger partial charge on any atom is 0.266 e. The molecule has 0 aliphatic rings. The average Bonchev–Trinajstić information content (AvgIpc) is 2.16. The van der Waals surface area contributed by atoms with Gasteiger partial charge >= 0.3 is 0 Å². The van der Waals surface area contributed by atoms with Crippen LogP contribution in [0.1, 0.15) is 17.6 Å². The molecule has 0 radical (unpaired) electrons. The van der Waals surface area contributed by atoms with E-state index in [0.29, 0.717) is 16.8 Å². The second-order valence-electron chi connectivity index (χ2n) is 2.47. The van der Waals surface area contributed by atoms with E-state index >= 15 is 0 Å². The Bertz CT molecular complexity index is 333. The Hall–Kier alpha value is -0.230. The van der Waals surface area contributed by atoms with Crippen LogP contribution in [0.3, 0.4) is 0 Å². The summed E-state index contributed by atoms with van der Waals surface area (Å²) in [5.41, 5.74) is 0.478. The standard InChI is InChI=1S/C8H7Br2F2NO/c1-14-8-4(3-9)2-5(7(11)12)6(10)13-8/h2,7H,3H2,1H3. The highest BCUT2D eigenvalue weighted by molar-refractivity contribution is 9.10. The quantitative estimate of drug-likeness (QED) is 0.623. The zero-order chi connectivity index (χ0) is 10.7. The molecule has 0 aliphatic heterocycles. The van der Waals surface area contributed by atoms with Crippen molar-refractivity contribution >= 4 is 31.9 Å². The molecule has 0 N–H and O–H groups in total. The summed E-state index contributed by atoms with van der Waals surface area (Å²) in [4.78, 5) is 3.87. The number of ether oxygens (including phenoxy) is 1. The van der Waals surface area contributed by atoms with Crippen molar-refractivity contribution in [3.05, 3.63) is 21.8 Å². The van der Waals surface area contributed by atoms with Gasteiger partial charge in [-0.2, -0.15) is 0 Å². The molecule has 6 heteroatoms. The lowest BCUT2D eigenvalue weighted by atomic mass is 10.2. The smallest absolute Gasteiger partial charge is 0.266 e. The van der Waals surface area contributed by atoms with Gasteiger partial charge in [0.2, 0.25) is 5.88 Å². The largest absolute Gasteiger partial charge is 0.481 e. The minimum Gasteiger partial charge on any atom is -0.481 e. The van der Waals surface area contributed by atoms with E-state index in [0.717, 1.165) is 0 Å². The zero-order valence-electron chi connectivity index (χ0n) is 7.23. The highest BCUT2D eigenvalue weighted by Gasteiger charge is 2.16. The van der Waals surface area contributed by atoms with Gasteiger partial charge in [0.1, 0.15) is 4.60 Å². The molecule has 1 rings (SSSR count). The van der Waals surface area contributed by atoms with Crippen LogP contribution in [0.2, 0.25) is 0 Å². The van der Waals surface area contributed by atoms with Crippen LogP contribution >= 0.6 is 31.9 Å². The molecule has 78 valence electrons. The first-order valence-corrected chi connectivity index (χ1v) is 5.59. The minimum atomic E-state index is -2.54. The van der Waals surface area contributed by atoms with Gasteiger partial charge in [0.25, 0.3) is 6.43 Å². The molecular weight excluding hydrogens is 324 g/mol. The van der Waals surface area contributed by atoms with Crippen LogP contribution in [0, 0.1) is 0 Å². The molecule has 0 saturated carbocycles. The average molecular weight is 331 g/mol. The van der Waals surface area contributed by atoms with Crippen LogP contribution in [0.4, 0.5) is 8.78 Å². The molecule has 1 aromatic heterocycles. The van der Waals surface area contributed by atoms with E-state index in [1.165, 1.54) is 13.2 Å². The van der Waals surface area contributed by atoms with E-state index in [-0.39, 0.29) is 10.2 Å².